The fraction of sp³-hybridized carbons (Fsp3) is 0.444. The molecule has 0 spiro atoms. The first-order chi connectivity index (χ1) is 60.3. The van der Waals surface area contributed by atoms with Crippen molar-refractivity contribution in [3.05, 3.63) is 225 Å². The topological polar surface area (TPSA) is 529 Å². The van der Waals surface area contributed by atoms with E-state index in [1.807, 2.05) is 33.8 Å². The molecule has 16 rings (SSSR count). The Hall–Kier alpha value is -7.68. The number of aliphatic hydroxyl groups is 8. The van der Waals surface area contributed by atoms with Gasteiger partial charge in [0.05, 0.1) is 34.7 Å². The van der Waals surface area contributed by atoms with E-state index < -0.39 is 177 Å². The summed E-state index contributed by atoms with van der Waals surface area (Å²) >= 11 is 19.2. The minimum Gasteiger partial charge on any atom is -0.403 e. The molecule has 12 heterocycles. The Morgan fingerprint density at radius 1 is 0.395 bits per heavy atom. The van der Waals surface area contributed by atoms with Gasteiger partial charge in [-0.25, -0.2) is 55.0 Å². The number of alkyl halides is 4. The van der Waals surface area contributed by atoms with Crippen molar-refractivity contribution < 1.29 is 158 Å². The van der Waals surface area contributed by atoms with Gasteiger partial charge in [-0.1, -0.05) is 120 Å². The van der Waals surface area contributed by atoms with E-state index in [0.717, 1.165) is 51.5 Å². The highest BCUT2D eigenvalue weighted by molar-refractivity contribution is 7.72. The number of nitrogens with zero attached hydrogens (tertiary/aromatic N) is 4. The van der Waals surface area contributed by atoms with E-state index in [2.05, 4.69) is 19.9 Å². The zero-order valence-corrected chi connectivity index (χ0v) is 72.2. The monoisotopic (exact) mass is 1900 g/mol. The van der Waals surface area contributed by atoms with Gasteiger partial charge in [0.2, 0.25) is 0 Å². The number of aliphatic hydroxyl groups excluding tert-OH is 8. The summed E-state index contributed by atoms with van der Waals surface area (Å²) in [6, 6.07) is 18.9. The summed E-state index contributed by atoms with van der Waals surface area (Å²) in [5, 5.41) is 82.3. The first-order valence-electron chi connectivity index (χ1n) is 39.4. The molecule has 0 aliphatic carbocycles. The van der Waals surface area contributed by atoms with Crippen LogP contribution in [-0.4, -0.2) is 178 Å². The van der Waals surface area contributed by atoms with E-state index in [-0.39, 0.29) is 62.2 Å². The summed E-state index contributed by atoms with van der Waals surface area (Å²) in [6.07, 6.45) is -23.5. The van der Waals surface area contributed by atoms with Crippen LogP contribution in [-0.2, 0) is 99.8 Å². The van der Waals surface area contributed by atoms with Crippen LogP contribution in [0.1, 0.15) is 99.8 Å². The number of halogens is 4. The number of aromatic amines is 4. The van der Waals surface area contributed by atoms with Gasteiger partial charge in [0.15, 0.2) is 24.9 Å². The van der Waals surface area contributed by atoms with Crippen molar-refractivity contribution in [1.29, 1.82) is 0 Å². The van der Waals surface area contributed by atoms with Crippen LogP contribution in [0.3, 0.4) is 0 Å². The number of phosphoric ester groups is 4. The third kappa shape index (κ3) is 19.8. The highest BCUT2D eigenvalue weighted by Crippen LogP contribution is 2.61. The molecule has 8 aliphatic rings. The molecule has 20 atom stereocenters. The van der Waals surface area contributed by atoms with Crippen molar-refractivity contribution in [2.24, 2.45) is 0 Å². The summed E-state index contributed by atoms with van der Waals surface area (Å²) in [6.45, 7) is 3.65. The predicted molar refractivity (Wildman–Crippen MR) is 427 cm³/mol. The van der Waals surface area contributed by atoms with Gasteiger partial charge in [0.1, 0.15) is 117 Å². The number of hydrogen-bond donors (Lipinski definition) is 12. The van der Waals surface area contributed by atoms with Gasteiger partial charge in [-0.15, -0.1) is 0 Å². The minimum atomic E-state index is -4.82. The molecule has 4 unspecified atom stereocenters. The van der Waals surface area contributed by atoms with Crippen LogP contribution in [0, 0.1) is 74.0 Å². The van der Waals surface area contributed by atoms with Crippen LogP contribution in [0.5, 0.6) is 23.0 Å². The number of rotatable bonds is 16. The first kappa shape index (κ1) is 85.7. The molecule has 4 saturated heterocycles. The number of ether oxygens (including phenoxy) is 4. The molecule has 0 amide bonds. The summed E-state index contributed by atoms with van der Waals surface area (Å²) in [5.41, 5.74) is 4.69. The zero-order chi connectivity index (χ0) is 95.6. The lowest BCUT2D eigenvalue weighted by molar-refractivity contribution is -0.205. The first-order valence-corrected chi connectivity index (χ1v) is 43.9. The smallest absolute Gasteiger partial charge is 0.403 e. The second-order valence-electron chi connectivity index (χ2n) is 28.9. The summed E-state index contributed by atoms with van der Waals surface area (Å²) < 4.78 is 247. The average molecular weight is 1900 g/mol. The molecule has 124 heavy (non-hydrogen) atoms. The maximum Gasteiger partial charge on any atom is 0.530 e. The lowest BCUT2D eigenvalue weighted by Crippen LogP contribution is -2.43. The third-order valence-electron chi connectivity index (χ3n) is 19.2. The van der Waals surface area contributed by atoms with Gasteiger partial charge in [-0.05, 0) is 102 Å². The molecule has 0 bridgehead atoms. The van der Waals surface area contributed by atoms with Gasteiger partial charge in [0.25, 0.3) is 23.4 Å². The van der Waals surface area contributed by atoms with Gasteiger partial charge in [-0.2, -0.15) is 0 Å². The Labute approximate surface area is 726 Å². The lowest BCUT2D eigenvalue weighted by atomic mass is 10.1. The van der Waals surface area contributed by atoms with Crippen LogP contribution in [0.4, 0.5) is 17.6 Å². The van der Waals surface area contributed by atoms with Gasteiger partial charge in [-0.3, -0.25) is 74.4 Å². The lowest BCUT2D eigenvalue weighted by Gasteiger charge is -2.29. The number of hydrogen-bond acceptors (Lipinski definition) is 36. The van der Waals surface area contributed by atoms with E-state index in [1.165, 1.54) is 24.4 Å². The molecule has 52 heteroatoms. The summed E-state index contributed by atoms with van der Waals surface area (Å²) in [7, 11) is -18.1. The van der Waals surface area contributed by atoms with Crippen molar-refractivity contribution in [2.75, 3.05) is 26.3 Å². The molecule has 40 nitrogen and oxygen atoms in total. The second-order valence-corrected chi connectivity index (χ2v) is 36.8. The van der Waals surface area contributed by atoms with E-state index in [4.69, 9.17) is 130 Å². The molecule has 12 N–H and O–H groups in total. The molecule has 4 fully saturated rings. The van der Waals surface area contributed by atoms with E-state index >= 15 is 17.6 Å². The van der Waals surface area contributed by atoms with Gasteiger partial charge >= 0.3 is 54.0 Å². The minimum absolute atomic E-state index is 0.0354. The molecule has 8 aromatic rings. The van der Waals surface area contributed by atoms with Crippen molar-refractivity contribution in [1.82, 2.24) is 38.2 Å². The van der Waals surface area contributed by atoms with Crippen molar-refractivity contribution in [3.8, 4) is 23.0 Å². The number of phosphoric acid groups is 4. The fourth-order valence-corrected chi connectivity index (χ4v) is 18.9. The zero-order valence-electron chi connectivity index (χ0n) is 71.4. The van der Waals surface area contributed by atoms with Crippen molar-refractivity contribution in [3.63, 3.8) is 0 Å². The fourth-order valence-electron chi connectivity index (χ4n) is 13.4. The molecule has 0 saturated carbocycles. The van der Waals surface area contributed by atoms with Crippen LogP contribution >= 0.6 is 80.2 Å². The highest BCUT2D eigenvalue weighted by Gasteiger charge is 2.62. The SMILES string of the molecule is Cc1cc(C)c2c(c1)COP(=O)(OC[C@@]1(F)O[C@@H](n3ccc(=S)[nH]c3=O)[C@H](O)[C@@H]1O)O2.[2H]C([2H])(OP1(=O)OCc2cc(C)cc(C)c2O1)[C@@]1(F)O[C@@H](n2ccc(=S)[nH]c2=O)[C@H](O)[C@@H]1O.[2H]C([2H])(OP1(=O)OCc2cc(C)cc(C)c2O1)[C@@]1(F)O[C@@]([2H])(n2ccc(=S)[nH]c2=O)[C@H](O)[C@@H]1O.[2H][C@@]1(n2ccc(=S)[nH]c2=O)O[C@](F)(COP2(=O)OCc3cc(C)cc(C)c3O2)[C@@H](O)[C@H]1O. The van der Waals surface area contributed by atoms with Crippen molar-refractivity contribution in [2.45, 2.75) is 179 Å². The van der Waals surface area contributed by atoms with E-state index in [1.54, 1.807) is 70.2 Å². The predicted octanol–water partition coefficient (Wildman–Crippen LogP) is 8.69. The Kier molecular flexibility index (Phi) is 25.0. The van der Waals surface area contributed by atoms with Crippen LogP contribution < -0.4 is 40.9 Å². The maximum absolute atomic E-state index is 15.8. The largest absolute Gasteiger partial charge is 0.530 e. The molecule has 0 radical (unpaired) electrons. The number of H-pyrrole nitrogens is 4. The van der Waals surface area contributed by atoms with E-state index in [9.17, 15) is 78.3 Å². The molecule has 4 aromatic carbocycles. The third-order valence-corrected chi connectivity index (χ3v) is 25.1. The molecular formula is C72H80F4N8O32P4S4. The normalized spacial score (nSPS) is 34.6. The van der Waals surface area contributed by atoms with Crippen molar-refractivity contribution >= 4 is 80.2 Å². The van der Waals surface area contributed by atoms with Crippen LogP contribution in [0.25, 0.3) is 0 Å². The maximum atomic E-state index is 15.8. The Morgan fingerprint density at radius 2 is 0.637 bits per heavy atom. The number of aromatic nitrogens is 8. The highest BCUT2D eigenvalue weighted by atomic mass is 32.1. The molecular weight excluding hydrogens is 1820 g/mol. The molecule has 672 valence electrons. The van der Waals surface area contributed by atoms with Gasteiger partial charge in [0, 0.05) is 47.0 Å². The Bertz CT molecular complexity index is 6550. The summed E-state index contributed by atoms with van der Waals surface area (Å²) in [5.74, 6) is -13.2. The Morgan fingerprint density at radius 3 is 0.944 bits per heavy atom. The number of aryl methyl sites for hydroxylation is 8. The van der Waals surface area contributed by atoms with Crippen LogP contribution in [0.15, 0.2) is 117 Å². The van der Waals surface area contributed by atoms with Crippen LogP contribution in [0.2, 0.25) is 0 Å². The Balaban J connectivity index is 0.000000148. The quantitative estimate of drug-likeness (QED) is 0.0244. The average Bonchev–Trinajstić information content (AvgIpc) is 1.55. The standard InChI is InChI=1S/4C18H20FN2O8PS/c4*1-9-5-10(2)14-11(6-9)7-26-30(25,29-14)27-8-18(19)15(23)13(22)16(28-18)21-4-3-12(31)20-17(21)24/h4*3-6,13,15-16,22-23H,7-8H2,1-2H3,(H,20,24,31)/t4*13-,15+,16-,18-,30?/m1111/s1/i8D2,16D;16D;8D2;. The van der Waals surface area contributed by atoms with E-state index in [0.29, 0.717) is 64.0 Å². The molecule has 8 aliphatic heterocycles. The number of fused-ring (bicyclic) bond motifs is 4. The second kappa shape index (κ2) is 36.1. The summed E-state index contributed by atoms with van der Waals surface area (Å²) in [4.78, 5) is 57.4. The number of nitrogens with one attached hydrogen (secondary N) is 4. The molecule has 4 aromatic heterocycles. The van der Waals surface area contributed by atoms with Gasteiger partial charge < -0.3 is 77.9 Å². The number of benzene rings is 4.